The number of piperidine rings is 1. The fraction of sp³-hybridized carbons (Fsp3) is 0.393. The zero-order valence-corrected chi connectivity index (χ0v) is 22.0. The number of nitrogens with zero attached hydrogens (tertiary/aromatic N) is 7. The van der Waals surface area contributed by atoms with Gasteiger partial charge in [0.25, 0.3) is 0 Å². The lowest BCUT2D eigenvalue weighted by atomic mass is 9.96. The predicted octanol–water partition coefficient (Wildman–Crippen LogP) is 3.43. The van der Waals surface area contributed by atoms with Gasteiger partial charge in [-0.05, 0) is 44.9 Å². The highest BCUT2D eigenvalue weighted by Gasteiger charge is 2.25. The Labute approximate surface area is 221 Å². The summed E-state index contributed by atoms with van der Waals surface area (Å²) in [5.41, 5.74) is 4.97. The molecule has 1 saturated heterocycles. The van der Waals surface area contributed by atoms with Gasteiger partial charge >= 0.3 is 0 Å². The summed E-state index contributed by atoms with van der Waals surface area (Å²) >= 11 is 0. The van der Waals surface area contributed by atoms with Crippen LogP contribution in [0, 0.1) is 17.2 Å². The molecule has 5 heterocycles. The predicted molar refractivity (Wildman–Crippen MR) is 144 cm³/mol. The number of anilines is 1. The third kappa shape index (κ3) is 5.38. The second-order valence-corrected chi connectivity index (χ2v) is 9.89. The maximum atomic E-state index is 12.5. The lowest BCUT2D eigenvalue weighted by Crippen LogP contribution is -2.41. The largest absolute Gasteiger partial charge is 0.377 e. The lowest BCUT2D eigenvalue weighted by Gasteiger charge is -2.32. The van der Waals surface area contributed by atoms with Gasteiger partial charge in [0.05, 0.1) is 36.2 Å². The molecule has 5 rings (SSSR count). The Hall–Kier alpha value is -4.23. The van der Waals surface area contributed by atoms with E-state index in [0.717, 1.165) is 59.5 Å². The fourth-order valence-corrected chi connectivity index (χ4v) is 4.87. The summed E-state index contributed by atoms with van der Waals surface area (Å²) in [5.74, 6) is 0.998. The van der Waals surface area contributed by atoms with Crippen LogP contribution >= 0.6 is 0 Å². The normalized spacial score (nSPS) is 14.2. The molecule has 1 N–H and O–H groups in total. The van der Waals surface area contributed by atoms with Gasteiger partial charge in [0, 0.05) is 73.4 Å². The number of amides is 1. The van der Waals surface area contributed by atoms with Crippen molar-refractivity contribution >= 4 is 17.2 Å². The van der Waals surface area contributed by atoms with Crippen molar-refractivity contribution in [1.29, 1.82) is 5.26 Å². The van der Waals surface area contributed by atoms with E-state index < -0.39 is 0 Å². The molecule has 0 spiro atoms. The van der Waals surface area contributed by atoms with Crippen LogP contribution in [-0.4, -0.2) is 62.6 Å². The van der Waals surface area contributed by atoms with Crippen molar-refractivity contribution in [3.8, 4) is 28.3 Å². The van der Waals surface area contributed by atoms with Crippen LogP contribution in [0.25, 0.3) is 27.8 Å². The van der Waals surface area contributed by atoms with Crippen LogP contribution in [-0.2, 0) is 16.6 Å². The molecule has 1 fully saturated rings. The lowest BCUT2D eigenvalue weighted by molar-refractivity contribution is -0.125. The minimum atomic E-state index is 0.0133. The number of rotatable bonds is 8. The Morgan fingerprint density at radius 2 is 1.95 bits per heavy atom. The number of hydrogen-bond donors (Lipinski definition) is 1. The van der Waals surface area contributed by atoms with Gasteiger partial charge in [0.2, 0.25) is 5.91 Å². The van der Waals surface area contributed by atoms with Crippen molar-refractivity contribution in [2.75, 3.05) is 31.1 Å². The highest BCUT2D eigenvalue weighted by molar-refractivity contribution is 5.87. The molecular weight excluding hydrogens is 480 g/mol. The standard InChI is InChI=1S/C28H32N8O2/c1-19(2)38-11-8-30-28(37)20-6-9-35(10-7-20)26-5-4-21(14-31-26)25-12-22(24-16-32-34(3)17-24)18-36-27(25)23(13-29)15-33-36/h4-5,12,14-20H,6-11H2,1-3H3,(H,30,37). The van der Waals surface area contributed by atoms with Crippen LogP contribution < -0.4 is 10.2 Å². The Balaban J connectivity index is 1.30. The number of nitriles is 1. The van der Waals surface area contributed by atoms with E-state index in [1.807, 2.05) is 57.8 Å². The van der Waals surface area contributed by atoms with Gasteiger partial charge in [-0.15, -0.1) is 0 Å². The molecule has 0 unspecified atom stereocenters. The molecule has 0 aromatic carbocycles. The first-order chi connectivity index (χ1) is 18.4. The molecule has 196 valence electrons. The van der Waals surface area contributed by atoms with Crippen molar-refractivity contribution in [2.45, 2.75) is 32.8 Å². The van der Waals surface area contributed by atoms with Gasteiger partial charge in [0.15, 0.2) is 0 Å². The van der Waals surface area contributed by atoms with Crippen LogP contribution in [0.1, 0.15) is 32.3 Å². The van der Waals surface area contributed by atoms with E-state index in [2.05, 4.69) is 32.5 Å². The average Bonchev–Trinajstić information content (AvgIpc) is 3.56. The van der Waals surface area contributed by atoms with E-state index >= 15 is 0 Å². The van der Waals surface area contributed by atoms with Gasteiger partial charge in [-0.3, -0.25) is 9.48 Å². The van der Waals surface area contributed by atoms with Gasteiger partial charge in [-0.1, -0.05) is 0 Å². The van der Waals surface area contributed by atoms with Crippen molar-refractivity contribution in [2.24, 2.45) is 13.0 Å². The van der Waals surface area contributed by atoms with Crippen LogP contribution in [0.2, 0.25) is 0 Å². The first kappa shape index (κ1) is 25.4. The summed E-state index contributed by atoms with van der Waals surface area (Å²) in [7, 11) is 1.88. The smallest absolute Gasteiger partial charge is 0.223 e. The number of carbonyl (C=O) groups excluding carboxylic acids is 1. The summed E-state index contributed by atoms with van der Waals surface area (Å²) in [4.78, 5) is 19.5. The monoisotopic (exact) mass is 512 g/mol. The summed E-state index contributed by atoms with van der Waals surface area (Å²) < 4.78 is 9.00. The van der Waals surface area contributed by atoms with Gasteiger partial charge < -0.3 is 15.0 Å². The molecule has 0 bridgehead atoms. The van der Waals surface area contributed by atoms with Crippen LogP contribution in [0.3, 0.4) is 0 Å². The SMILES string of the molecule is CC(C)OCCNC(=O)C1CCN(c2ccc(-c3cc(-c4cnn(C)c4)cn4ncc(C#N)c34)cn2)CC1. The topological polar surface area (TPSA) is 113 Å². The minimum absolute atomic E-state index is 0.0133. The first-order valence-corrected chi connectivity index (χ1v) is 12.9. The number of fused-ring (bicyclic) bond motifs is 1. The number of aryl methyl sites for hydroxylation is 1. The van der Waals surface area contributed by atoms with Crippen LogP contribution in [0.15, 0.2) is 49.2 Å². The molecule has 4 aromatic heterocycles. The van der Waals surface area contributed by atoms with Crippen LogP contribution in [0.4, 0.5) is 5.82 Å². The summed E-state index contributed by atoms with van der Waals surface area (Å²) in [6, 6.07) is 8.35. The van der Waals surface area contributed by atoms with Crippen molar-refractivity contribution in [3.05, 3.63) is 54.7 Å². The molecule has 1 aliphatic rings. The number of hydrogen-bond acceptors (Lipinski definition) is 7. The average molecular weight is 513 g/mol. The third-order valence-corrected chi connectivity index (χ3v) is 6.87. The van der Waals surface area contributed by atoms with Gasteiger partial charge in [-0.2, -0.15) is 15.5 Å². The highest BCUT2D eigenvalue weighted by Crippen LogP contribution is 2.32. The number of ether oxygens (including phenoxy) is 1. The number of carbonyl (C=O) groups is 1. The molecule has 1 amide bonds. The summed E-state index contributed by atoms with van der Waals surface area (Å²) in [5, 5.41) is 21.4. The van der Waals surface area contributed by atoms with E-state index in [9.17, 15) is 10.1 Å². The zero-order chi connectivity index (χ0) is 26.6. The highest BCUT2D eigenvalue weighted by atomic mass is 16.5. The molecular formula is C28H32N8O2. The van der Waals surface area contributed by atoms with Gasteiger partial charge in [-0.25, -0.2) is 9.50 Å². The molecule has 0 saturated carbocycles. The maximum Gasteiger partial charge on any atom is 0.223 e. The van der Waals surface area contributed by atoms with E-state index in [4.69, 9.17) is 9.72 Å². The zero-order valence-electron chi connectivity index (χ0n) is 22.0. The van der Waals surface area contributed by atoms with E-state index in [1.54, 1.807) is 15.4 Å². The summed E-state index contributed by atoms with van der Waals surface area (Å²) in [6.45, 7) is 6.59. The molecule has 4 aromatic rings. The Morgan fingerprint density at radius 3 is 2.61 bits per heavy atom. The molecule has 0 radical (unpaired) electrons. The van der Waals surface area contributed by atoms with E-state index in [-0.39, 0.29) is 17.9 Å². The molecule has 38 heavy (non-hydrogen) atoms. The molecule has 1 aliphatic heterocycles. The van der Waals surface area contributed by atoms with Crippen molar-refractivity contribution < 1.29 is 9.53 Å². The number of nitrogens with one attached hydrogen (secondary N) is 1. The molecule has 0 aliphatic carbocycles. The molecule has 10 heteroatoms. The number of pyridine rings is 2. The Bertz CT molecular complexity index is 1460. The minimum Gasteiger partial charge on any atom is -0.377 e. The van der Waals surface area contributed by atoms with Crippen molar-refractivity contribution in [3.63, 3.8) is 0 Å². The van der Waals surface area contributed by atoms with E-state index in [1.165, 1.54) is 0 Å². The fourth-order valence-electron chi connectivity index (χ4n) is 4.87. The van der Waals surface area contributed by atoms with Gasteiger partial charge in [0.1, 0.15) is 11.9 Å². The second kappa shape index (κ2) is 11.0. The first-order valence-electron chi connectivity index (χ1n) is 12.9. The second-order valence-electron chi connectivity index (χ2n) is 9.89. The molecule has 10 nitrogen and oxygen atoms in total. The summed E-state index contributed by atoms with van der Waals surface area (Å²) in [6.07, 6.45) is 10.8. The van der Waals surface area contributed by atoms with Crippen molar-refractivity contribution in [1.82, 2.24) is 29.7 Å². The Morgan fingerprint density at radius 1 is 1.13 bits per heavy atom. The number of aromatic nitrogens is 5. The van der Waals surface area contributed by atoms with Crippen LogP contribution in [0.5, 0.6) is 0 Å². The third-order valence-electron chi connectivity index (χ3n) is 6.87. The Kier molecular flexibility index (Phi) is 7.38. The van der Waals surface area contributed by atoms with E-state index in [0.29, 0.717) is 18.7 Å². The maximum absolute atomic E-state index is 12.5. The quantitative estimate of drug-likeness (QED) is 0.360. The molecule has 0 atom stereocenters.